The lowest BCUT2D eigenvalue weighted by Gasteiger charge is -1.97. The number of carbonyl (C=O) groups excluding carboxylic acids is 1. The van der Waals surface area contributed by atoms with E-state index in [9.17, 15) is 4.79 Å². The van der Waals surface area contributed by atoms with Crippen LogP contribution in [0.15, 0.2) is 34.9 Å². The van der Waals surface area contributed by atoms with Crippen LogP contribution in [0.4, 0.5) is 0 Å². The summed E-state index contributed by atoms with van der Waals surface area (Å²) in [5.41, 5.74) is 0.913. The van der Waals surface area contributed by atoms with Crippen molar-refractivity contribution in [1.82, 2.24) is 25.2 Å². The van der Waals surface area contributed by atoms with Crippen molar-refractivity contribution < 1.29 is 9.21 Å². The molecule has 2 aromatic heterocycles. The normalized spacial score (nSPS) is 10.7. The smallest absolute Gasteiger partial charge is 0.249 e. The standard InChI is InChI=1S/C12H8ClN5O2/c13-10-4-2-1-3-9(10)12-16-15-11(20-12)6-18-5-8(7-19)14-17-18/h1-5,7H,6H2. The van der Waals surface area contributed by atoms with Crippen molar-refractivity contribution in [1.29, 1.82) is 0 Å². The molecule has 0 spiro atoms. The van der Waals surface area contributed by atoms with Crippen molar-refractivity contribution in [3.63, 3.8) is 0 Å². The van der Waals surface area contributed by atoms with Crippen LogP contribution in [0.1, 0.15) is 16.4 Å². The highest BCUT2D eigenvalue weighted by atomic mass is 35.5. The number of benzene rings is 1. The molecule has 0 atom stereocenters. The maximum Gasteiger partial charge on any atom is 0.249 e. The predicted molar refractivity (Wildman–Crippen MR) is 69.3 cm³/mol. The second-order valence-corrected chi connectivity index (χ2v) is 4.35. The van der Waals surface area contributed by atoms with Gasteiger partial charge in [-0.15, -0.1) is 15.3 Å². The molecule has 20 heavy (non-hydrogen) atoms. The van der Waals surface area contributed by atoms with E-state index in [2.05, 4.69) is 20.5 Å². The number of hydrogen-bond donors (Lipinski definition) is 0. The Morgan fingerprint density at radius 3 is 2.85 bits per heavy atom. The molecule has 0 unspecified atom stereocenters. The molecule has 0 N–H and O–H groups in total. The maximum absolute atomic E-state index is 10.5. The summed E-state index contributed by atoms with van der Waals surface area (Å²) in [5, 5.41) is 15.8. The molecule has 7 nitrogen and oxygen atoms in total. The van der Waals surface area contributed by atoms with Gasteiger partial charge in [0.15, 0.2) is 6.29 Å². The molecule has 3 rings (SSSR count). The van der Waals surface area contributed by atoms with Crippen LogP contribution in [0, 0.1) is 0 Å². The van der Waals surface area contributed by atoms with Crippen molar-refractivity contribution in [2.24, 2.45) is 0 Å². The molecular weight excluding hydrogens is 282 g/mol. The number of aldehydes is 1. The van der Waals surface area contributed by atoms with Crippen LogP contribution in [0.5, 0.6) is 0 Å². The first-order valence-electron chi connectivity index (χ1n) is 5.69. The van der Waals surface area contributed by atoms with Gasteiger partial charge in [0.05, 0.1) is 16.8 Å². The average molecular weight is 290 g/mol. The molecule has 0 saturated heterocycles. The minimum Gasteiger partial charge on any atom is -0.419 e. The molecule has 0 aliphatic carbocycles. The van der Waals surface area contributed by atoms with Crippen molar-refractivity contribution in [2.75, 3.05) is 0 Å². The van der Waals surface area contributed by atoms with E-state index in [1.54, 1.807) is 12.1 Å². The molecule has 0 bridgehead atoms. The zero-order chi connectivity index (χ0) is 13.9. The molecule has 0 aliphatic rings. The minimum absolute atomic E-state index is 0.234. The number of rotatable bonds is 4. The molecule has 3 aromatic rings. The first kappa shape index (κ1) is 12.5. The maximum atomic E-state index is 10.5. The van der Waals surface area contributed by atoms with E-state index in [0.717, 1.165) is 0 Å². The summed E-state index contributed by atoms with van der Waals surface area (Å²) in [6.45, 7) is 0.234. The van der Waals surface area contributed by atoms with Crippen molar-refractivity contribution in [2.45, 2.75) is 6.54 Å². The van der Waals surface area contributed by atoms with Crippen LogP contribution in [-0.2, 0) is 6.54 Å². The molecule has 8 heteroatoms. The van der Waals surface area contributed by atoms with E-state index in [1.807, 2.05) is 12.1 Å². The van der Waals surface area contributed by atoms with Crippen LogP contribution in [0.25, 0.3) is 11.5 Å². The predicted octanol–water partition coefficient (Wildman–Crippen LogP) is 1.84. The van der Waals surface area contributed by atoms with E-state index in [-0.39, 0.29) is 12.2 Å². The lowest BCUT2D eigenvalue weighted by atomic mass is 10.2. The Morgan fingerprint density at radius 1 is 1.25 bits per heavy atom. The molecule has 0 amide bonds. The van der Waals surface area contributed by atoms with E-state index in [1.165, 1.54) is 10.9 Å². The first-order valence-corrected chi connectivity index (χ1v) is 6.06. The van der Waals surface area contributed by atoms with Gasteiger partial charge in [0.1, 0.15) is 12.2 Å². The van der Waals surface area contributed by atoms with Crippen LogP contribution in [-0.4, -0.2) is 31.5 Å². The second-order valence-electron chi connectivity index (χ2n) is 3.94. The van der Waals surface area contributed by atoms with Gasteiger partial charge in [-0.3, -0.25) is 4.79 Å². The van der Waals surface area contributed by atoms with Gasteiger partial charge < -0.3 is 4.42 Å². The summed E-state index contributed by atoms with van der Waals surface area (Å²) in [4.78, 5) is 10.5. The topological polar surface area (TPSA) is 86.7 Å². The van der Waals surface area contributed by atoms with Gasteiger partial charge in [0.2, 0.25) is 11.8 Å². The molecule has 1 aromatic carbocycles. The van der Waals surface area contributed by atoms with Gasteiger partial charge in [0, 0.05) is 0 Å². The summed E-state index contributed by atoms with van der Waals surface area (Å²) < 4.78 is 6.95. The number of hydrogen-bond acceptors (Lipinski definition) is 6. The van der Waals surface area contributed by atoms with E-state index in [0.29, 0.717) is 28.7 Å². The minimum atomic E-state index is 0.234. The lowest BCUT2D eigenvalue weighted by molar-refractivity contribution is 0.111. The fourth-order valence-corrected chi connectivity index (χ4v) is 1.86. The Balaban J connectivity index is 1.83. The highest BCUT2D eigenvalue weighted by Crippen LogP contribution is 2.26. The summed E-state index contributed by atoms with van der Waals surface area (Å²) >= 11 is 6.06. The summed E-state index contributed by atoms with van der Waals surface area (Å²) in [7, 11) is 0. The number of carbonyl (C=O) groups is 1. The van der Waals surface area contributed by atoms with Crippen molar-refractivity contribution in [3.05, 3.63) is 47.1 Å². The number of nitrogens with zero attached hydrogens (tertiary/aromatic N) is 5. The fourth-order valence-electron chi connectivity index (χ4n) is 1.64. The van der Waals surface area contributed by atoms with Crippen LogP contribution < -0.4 is 0 Å². The lowest BCUT2D eigenvalue weighted by Crippen LogP contribution is -2.00. The molecule has 0 radical (unpaired) electrons. The number of halogens is 1. The van der Waals surface area contributed by atoms with E-state index >= 15 is 0 Å². The largest absolute Gasteiger partial charge is 0.419 e. The molecule has 100 valence electrons. The van der Waals surface area contributed by atoms with Gasteiger partial charge in [0.25, 0.3) is 0 Å². The summed E-state index contributed by atoms with van der Waals surface area (Å²) in [5.74, 6) is 0.684. The van der Waals surface area contributed by atoms with Gasteiger partial charge in [-0.2, -0.15) is 0 Å². The highest BCUT2D eigenvalue weighted by molar-refractivity contribution is 6.33. The van der Waals surface area contributed by atoms with E-state index in [4.69, 9.17) is 16.0 Å². The molecule has 0 aliphatic heterocycles. The van der Waals surface area contributed by atoms with E-state index < -0.39 is 0 Å². The van der Waals surface area contributed by atoms with Crippen LogP contribution >= 0.6 is 11.6 Å². The third-order valence-corrected chi connectivity index (χ3v) is 2.88. The Kier molecular flexibility index (Phi) is 3.26. The van der Waals surface area contributed by atoms with Crippen molar-refractivity contribution >= 4 is 17.9 Å². The summed E-state index contributed by atoms with van der Waals surface area (Å²) in [6.07, 6.45) is 2.11. The fraction of sp³-hybridized carbons (Fsp3) is 0.0833. The van der Waals surface area contributed by atoms with Gasteiger partial charge in [-0.05, 0) is 12.1 Å². The number of aromatic nitrogens is 5. The van der Waals surface area contributed by atoms with Crippen LogP contribution in [0.2, 0.25) is 5.02 Å². The SMILES string of the molecule is O=Cc1cn(Cc2nnc(-c3ccccc3Cl)o2)nn1. The Hall–Kier alpha value is -2.54. The monoisotopic (exact) mass is 289 g/mol. The Bertz CT molecular complexity index is 752. The third kappa shape index (κ3) is 2.43. The van der Waals surface area contributed by atoms with Gasteiger partial charge >= 0.3 is 0 Å². The molecule has 0 saturated carbocycles. The molecule has 0 fully saturated rings. The zero-order valence-corrected chi connectivity index (χ0v) is 10.9. The highest BCUT2D eigenvalue weighted by Gasteiger charge is 2.12. The summed E-state index contributed by atoms with van der Waals surface area (Å²) in [6, 6.07) is 7.19. The Morgan fingerprint density at radius 2 is 2.10 bits per heavy atom. The van der Waals surface area contributed by atoms with Gasteiger partial charge in [-0.25, -0.2) is 4.68 Å². The molecule has 2 heterocycles. The quantitative estimate of drug-likeness (QED) is 0.681. The third-order valence-electron chi connectivity index (χ3n) is 2.55. The first-order chi connectivity index (χ1) is 9.76. The Labute approximate surface area is 118 Å². The van der Waals surface area contributed by atoms with Gasteiger partial charge in [-0.1, -0.05) is 28.9 Å². The zero-order valence-electron chi connectivity index (χ0n) is 10.1. The molecular formula is C12H8ClN5O2. The average Bonchev–Trinajstić information content (AvgIpc) is 3.09. The van der Waals surface area contributed by atoms with Crippen molar-refractivity contribution in [3.8, 4) is 11.5 Å². The van der Waals surface area contributed by atoms with Crippen LogP contribution in [0.3, 0.4) is 0 Å². The second kappa shape index (κ2) is 5.22.